The Bertz CT molecular complexity index is 887. The summed E-state index contributed by atoms with van der Waals surface area (Å²) < 4.78 is 0. The number of benzene rings is 2. The highest BCUT2D eigenvalue weighted by Crippen LogP contribution is 2.34. The summed E-state index contributed by atoms with van der Waals surface area (Å²) in [4.78, 5) is 7.61. The maximum absolute atomic E-state index is 10.4. The van der Waals surface area contributed by atoms with E-state index in [-0.39, 0.29) is 5.75 Å². The largest absolute Gasteiger partial charge is 0.506 e. The van der Waals surface area contributed by atoms with Crippen LogP contribution in [0.3, 0.4) is 0 Å². The zero-order valence-corrected chi connectivity index (χ0v) is 12.6. The molecule has 0 amide bonds. The van der Waals surface area contributed by atoms with Crippen LogP contribution in [0.25, 0.3) is 22.2 Å². The van der Waals surface area contributed by atoms with Gasteiger partial charge in [-0.25, -0.2) is 4.98 Å². The molecule has 0 fully saturated rings. The van der Waals surface area contributed by atoms with Crippen LogP contribution >= 0.6 is 0 Å². The van der Waals surface area contributed by atoms with Gasteiger partial charge in [-0.3, -0.25) is 0 Å². The summed E-state index contributed by atoms with van der Waals surface area (Å²) in [6, 6.07) is 11.6. The lowest BCUT2D eigenvalue weighted by Gasteiger charge is -2.10. The second-order valence-electron chi connectivity index (χ2n) is 5.46. The van der Waals surface area contributed by atoms with Gasteiger partial charge in [0, 0.05) is 5.56 Å². The first kappa shape index (κ1) is 14.2. The second-order valence-corrected chi connectivity index (χ2v) is 5.46. The molecule has 0 bridgehead atoms. The predicted molar refractivity (Wildman–Crippen MR) is 86.6 cm³/mol. The highest BCUT2D eigenvalue weighted by atomic mass is 16.3. The van der Waals surface area contributed by atoms with Gasteiger partial charge in [0.25, 0.3) is 0 Å². The van der Waals surface area contributed by atoms with Crippen LogP contribution in [-0.4, -0.2) is 15.1 Å². The average molecular weight is 291 g/mol. The zero-order valence-electron chi connectivity index (χ0n) is 12.6. The van der Waals surface area contributed by atoms with Crippen LogP contribution in [0, 0.1) is 18.3 Å². The third-order valence-electron chi connectivity index (χ3n) is 3.74. The molecule has 0 spiro atoms. The molecule has 1 heterocycles. The molecule has 0 unspecified atom stereocenters. The number of hydrogen-bond donors (Lipinski definition) is 2. The SMILES string of the molecule is CCCc1cc(C#N)c(O)c(-c2ccc3[nH]c(C)nc3c2)c1. The maximum atomic E-state index is 10.4. The fraction of sp³-hybridized carbons (Fsp3) is 0.222. The Morgan fingerprint density at radius 3 is 2.82 bits per heavy atom. The number of H-pyrrole nitrogens is 1. The van der Waals surface area contributed by atoms with E-state index in [0.717, 1.165) is 40.8 Å². The van der Waals surface area contributed by atoms with Gasteiger partial charge in [0.15, 0.2) is 0 Å². The summed E-state index contributed by atoms with van der Waals surface area (Å²) in [5, 5.41) is 19.6. The van der Waals surface area contributed by atoms with Crippen molar-refractivity contribution in [1.29, 1.82) is 5.26 Å². The first-order valence-electron chi connectivity index (χ1n) is 7.35. The molecule has 3 rings (SSSR count). The minimum Gasteiger partial charge on any atom is -0.506 e. The number of nitriles is 1. The standard InChI is InChI=1S/C18H17N3O/c1-3-4-12-7-14(10-19)18(22)15(8-12)13-5-6-16-17(9-13)21-11(2)20-16/h5-9,22H,3-4H2,1-2H3,(H,20,21). The molecule has 0 atom stereocenters. The second kappa shape index (κ2) is 5.53. The van der Waals surface area contributed by atoms with Gasteiger partial charge in [-0.05, 0) is 48.7 Å². The van der Waals surface area contributed by atoms with Crippen LogP contribution in [-0.2, 0) is 6.42 Å². The minimum atomic E-state index is 0.0361. The van der Waals surface area contributed by atoms with E-state index in [0.29, 0.717) is 11.1 Å². The molecule has 0 aliphatic carbocycles. The molecule has 0 saturated heterocycles. The molecule has 22 heavy (non-hydrogen) atoms. The predicted octanol–water partition coefficient (Wildman–Crippen LogP) is 4.07. The van der Waals surface area contributed by atoms with Gasteiger partial charge in [0.1, 0.15) is 17.6 Å². The van der Waals surface area contributed by atoms with Crippen molar-refractivity contribution in [3.05, 3.63) is 47.3 Å². The van der Waals surface area contributed by atoms with Gasteiger partial charge < -0.3 is 10.1 Å². The van der Waals surface area contributed by atoms with E-state index in [1.807, 2.05) is 31.2 Å². The minimum absolute atomic E-state index is 0.0361. The molecule has 0 saturated carbocycles. The summed E-state index contributed by atoms with van der Waals surface area (Å²) in [5.41, 5.74) is 4.75. The number of aromatic nitrogens is 2. The topological polar surface area (TPSA) is 72.7 Å². The molecule has 4 nitrogen and oxygen atoms in total. The number of aromatic hydroxyl groups is 1. The molecule has 0 aliphatic heterocycles. The normalized spacial score (nSPS) is 10.8. The number of nitrogens with zero attached hydrogens (tertiary/aromatic N) is 2. The van der Waals surface area contributed by atoms with E-state index in [2.05, 4.69) is 23.0 Å². The molecule has 1 aromatic heterocycles. The van der Waals surface area contributed by atoms with Crippen LogP contribution in [0.5, 0.6) is 5.75 Å². The third-order valence-corrected chi connectivity index (χ3v) is 3.74. The van der Waals surface area contributed by atoms with E-state index in [1.54, 1.807) is 6.07 Å². The van der Waals surface area contributed by atoms with Crippen molar-refractivity contribution in [3.63, 3.8) is 0 Å². The van der Waals surface area contributed by atoms with Crippen molar-refractivity contribution in [3.8, 4) is 22.9 Å². The Balaban J connectivity index is 2.19. The lowest BCUT2D eigenvalue weighted by molar-refractivity contribution is 0.475. The smallest absolute Gasteiger partial charge is 0.141 e. The molecule has 3 aromatic rings. The monoisotopic (exact) mass is 291 g/mol. The highest BCUT2D eigenvalue weighted by molar-refractivity contribution is 5.84. The summed E-state index contributed by atoms with van der Waals surface area (Å²) in [7, 11) is 0. The number of hydrogen-bond acceptors (Lipinski definition) is 3. The number of phenolic OH excluding ortho intramolecular Hbond substituents is 1. The molecule has 0 aliphatic rings. The number of aromatic amines is 1. The number of phenols is 1. The van der Waals surface area contributed by atoms with Crippen molar-refractivity contribution < 1.29 is 5.11 Å². The van der Waals surface area contributed by atoms with E-state index < -0.39 is 0 Å². The lowest BCUT2D eigenvalue weighted by atomic mass is 9.96. The Labute approximate surface area is 129 Å². The number of imidazole rings is 1. The van der Waals surface area contributed by atoms with Gasteiger partial charge >= 0.3 is 0 Å². The molecule has 2 aromatic carbocycles. The Hall–Kier alpha value is -2.80. The van der Waals surface area contributed by atoms with E-state index >= 15 is 0 Å². The summed E-state index contributed by atoms with van der Waals surface area (Å²) in [6.07, 6.45) is 1.87. The van der Waals surface area contributed by atoms with Crippen molar-refractivity contribution in [2.24, 2.45) is 0 Å². The number of fused-ring (bicyclic) bond motifs is 1. The summed E-state index contributed by atoms with van der Waals surface area (Å²) in [5.74, 6) is 0.891. The maximum Gasteiger partial charge on any atom is 0.141 e. The quantitative estimate of drug-likeness (QED) is 0.764. The van der Waals surface area contributed by atoms with Gasteiger partial charge in [-0.2, -0.15) is 5.26 Å². The average Bonchev–Trinajstić information content (AvgIpc) is 2.88. The lowest BCUT2D eigenvalue weighted by Crippen LogP contribution is -1.90. The molecule has 110 valence electrons. The third kappa shape index (κ3) is 2.42. The molecule has 2 N–H and O–H groups in total. The molecular formula is C18H17N3O. The fourth-order valence-corrected chi connectivity index (χ4v) is 2.73. The van der Waals surface area contributed by atoms with Crippen molar-refractivity contribution in [1.82, 2.24) is 9.97 Å². The number of aryl methyl sites for hydroxylation is 2. The van der Waals surface area contributed by atoms with Crippen LogP contribution in [0.15, 0.2) is 30.3 Å². The number of rotatable bonds is 3. The van der Waals surface area contributed by atoms with Gasteiger partial charge in [0.2, 0.25) is 0 Å². The van der Waals surface area contributed by atoms with E-state index in [9.17, 15) is 10.4 Å². The summed E-state index contributed by atoms with van der Waals surface area (Å²) in [6.45, 7) is 4.00. The Morgan fingerprint density at radius 2 is 2.09 bits per heavy atom. The highest BCUT2D eigenvalue weighted by Gasteiger charge is 2.12. The Morgan fingerprint density at radius 1 is 1.27 bits per heavy atom. The van der Waals surface area contributed by atoms with Crippen molar-refractivity contribution >= 4 is 11.0 Å². The molecule has 4 heteroatoms. The van der Waals surface area contributed by atoms with Crippen LogP contribution < -0.4 is 0 Å². The van der Waals surface area contributed by atoms with Crippen molar-refractivity contribution in [2.45, 2.75) is 26.7 Å². The molecular weight excluding hydrogens is 274 g/mol. The van der Waals surface area contributed by atoms with Gasteiger partial charge in [-0.1, -0.05) is 19.4 Å². The zero-order chi connectivity index (χ0) is 15.7. The van der Waals surface area contributed by atoms with Crippen molar-refractivity contribution in [2.75, 3.05) is 0 Å². The van der Waals surface area contributed by atoms with Crippen LogP contribution in [0.2, 0.25) is 0 Å². The first-order valence-corrected chi connectivity index (χ1v) is 7.35. The first-order chi connectivity index (χ1) is 10.6. The van der Waals surface area contributed by atoms with Crippen LogP contribution in [0.4, 0.5) is 0 Å². The van der Waals surface area contributed by atoms with Crippen LogP contribution in [0.1, 0.15) is 30.3 Å². The van der Waals surface area contributed by atoms with E-state index in [1.165, 1.54) is 0 Å². The van der Waals surface area contributed by atoms with Gasteiger partial charge in [0.05, 0.1) is 16.6 Å². The van der Waals surface area contributed by atoms with E-state index in [4.69, 9.17) is 0 Å². The summed E-state index contributed by atoms with van der Waals surface area (Å²) >= 11 is 0. The van der Waals surface area contributed by atoms with Gasteiger partial charge in [-0.15, -0.1) is 0 Å². The Kier molecular flexibility index (Phi) is 3.56. The molecule has 0 radical (unpaired) electrons. The number of nitrogens with one attached hydrogen (secondary N) is 1. The fourth-order valence-electron chi connectivity index (χ4n) is 2.73.